The average molecular weight is 302 g/mol. The third-order valence-electron chi connectivity index (χ3n) is 3.02. The molecule has 0 saturated heterocycles. The quantitative estimate of drug-likeness (QED) is 0.874. The molecular formula is C17H16ClNO2. The van der Waals surface area contributed by atoms with Crippen LogP contribution in [0.1, 0.15) is 11.1 Å². The van der Waals surface area contributed by atoms with Gasteiger partial charge in [-0.2, -0.15) is 0 Å². The van der Waals surface area contributed by atoms with Crippen LogP contribution in [0.5, 0.6) is 5.75 Å². The van der Waals surface area contributed by atoms with Gasteiger partial charge in [0.15, 0.2) is 0 Å². The molecule has 2 aromatic carbocycles. The Morgan fingerprint density at radius 2 is 1.76 bits per heavy atom. The fourth-order valence-electron chi connectivity index (χ4n) is 1.82. The van der Waals surface area contributed by atoms with Gasteiger partial charge in [-0.1, -0.05) is 35.9 Å². The first-order valence-corrected chi connectivity index (χ1v) is 6.89. The number of hydrogen-bond acceptors (Lipinski definition) is 2. The second-order valence-corrected chi connectivity index (χ2v) is 5.18. The summed E-state index contributed by atoms with van der Waals surface area (Å²) in [7, 11) is 1.74. The van der Waals surface area contributed by atoms with E-state index in [2.05, 4.69) is 0 Å². The molecule has 4 heteroatoms. The molecule has 0 unspecified atom stereocenters. The summed E-state index contributed by atoms with van der Waals surface area (Å²) in [6.45, 7) is 0.490. The van der Waals surface area contributed by atoms with Crippen LogP contribution in [-0.4, -0.2) is 23.0 Å². The van der Waals surface area contributed by atoms with E-state index in [0.29, 0.717) is 11.6 Å². The summed E-state index contributed by atoms with van der Waals surface area (Å²) in [5, 5.41) is 9.90. The highest BCUT2D eigenvalue weighted by Crippen LogP contribution is 2.12. The first kappa shape index (κ1) is 15.1. The molecule has 2 rings (SSSR count). The van der Waals surface area contributed by atoms with Crippen LogP contribution in [-0.2, 0) is 11.3 Å². The molecule has 108 valence electrons. The van der Waals surface area contributed by atoms with Crippen molar-refractivity contribution in [2.24, 2.45) is 0 Å². The first-order valence-electron chi connectivity index (χ1n) is 6.51. The van der Waals surface area contributed by atoms with Crippen LogP contribution in [0.2, 0.25) is 5.02 Å². The van der Waals surface area contributed by atoms with E-state index in [9.17, 15) is 9.90 Å². The van der Waals surface area contributed by atoms with Crippen LogP contribution in [0.25, 0.3) is 6.08 Å². The van der Waals surface area contributed by atoms with Crippen molar-refractivity contribution in [3.63, 3.8) is 0 Å². The number of phenolic OH excluding ortho intramolecular Hbond substituents is 1. The molecule has 0 aromatic heterocycles. The zero-order chi connectivity index (χ0) is 15.2. The van der Waals surface area contributed by atoms with Crippen molar-refractivity contribution in [1.29, 1.82) is 0 Å². The fourth-order valence-corrected chi connectivity index (χ4v) is 1.95. The Kier molecular flexibility index (Phi) is 5.01. The minimum atomic E-state index is -0.0852. The predicted molar refractivity (Wildman–Crippen MR) is 85.1 cm³/mol. The van der Waals surface area contributed by atoms with E-state index in [4.69, 9.17) is 11.6 Å². The van der Waals surface area contributed by atoms with Gasteiger partial charge in [-0.05, 0) is 41.5 Å². The number of hydrogen-bond donors (Lipinski definition) is 1. The van der Waals surface area contributed by atoms with E-state index in [-0.39, 0.29) is 11.7 Å². The van der Waals surface area contributed by atoms with Gasteiger partial charge in [0.1, 0.15) is 5.75 Å². The van der Waals surface area contributed by atoms with Crippen molar-refractivity contribution in [3.8, 4) is 5.75 Å². The van der Waals surface area contributed by atoms with Gasteiger partial charge in [0.2, 0.25) is 5.91 Å². The summed E-state index contributed by atoms with van der Waals surface area (Å²) < 4.78 is 0. The Morgan fingerprint density at radius 1 is 1.14 bits per heavy atom. The third-order valence-corrected chi connectivity index (χ3v) is 3.27. The Hall–Kier alpha value is -2.26. The molecule has 1 amide bonds. The third kappa shape index (κ3) is 4.65. The van der Waals surface area contributed by atoms with Crippen LogP contribution < -0.4 is 0 Å². The summed E-state index contributed by atoms with van der Waals surface area (Å²) in [6, 6.07) is 14.1. The molecule has 1 N–H and O–H groups in total. The van der Waals surface area contributed by atoms with Crippen molar-refractivity contribution in [2.45, 2.75) is 6.54 Å². The number of benzene rings is 2. The van der Waals surface area contributed by atoms with Crippen molar-refractivity contribution in [1.82, 2.24) is 4.90 Å². The minimum Gasteiger partial charge on any atom is -0.508 e. The molecule has 21 heavy (non-hydrogen) atoms. The number of aromatic hydroxyl groups is 1. The second-order valence-electron chi connectivity index (χ2n) is 4.75. The maximum Gasteiger partial charge on any atom is 0.246 e. The normalized spacial score (nSPS) is 10.8. The molecule has 0 fully saturated rings. The summed E-state index contributed by atoms with van der Waals surface area (Å²) in [4.78, 5) is 13.6. The standard InChI is InChI=1S/C17H16ClNO2/c1-19(12-14-4-9-16(20)10-5-14)17(21)11-6-13-2-7-15(18)8-3-13/h2-11,20H,12H2,1H3/b11-6+. The molecule has 0 aliphatic carbocycles. The summed E-state index contributed by atoms with van der Waals surface area (Å²) in [5.41, 5.74) is 1.88. The Labute approximate surface area is 129 Å². The number of amides is 1. The van der Waals surface area contributed by atoms with Crippen molar-refractivity contribution in [3.05, 3.63) is 70.8 Å². The van der Waals surface area contributed by atoms with Gasteiger partial charge < -0.3 is 10.0 Å². The summed E-state index contributed by atoms with van der Waals surface area (Å²) >= 11 is 5.81. The van der Waals surface area contributed by atoms with E-state index in [1.165, 1.54) is 6.08 Å². The lowest BCUT2D eigenvalue weighted by Crippen LogP contribution is -2.24. The van der Waals surface area contributed by atoms with Gasteiger partial charge in [0.25, 0.3) is 0 Å². The van der Waals surface area contributed by atoms with Crippen molar-refractivity contribution < 1.29 is 9.90 Å². The maximum absolute atomic E-state index is 12.0. The minimum absolute atomic E-state index is 0.0852. The zero-order valence-corrected chi connectivity index (χ0v) is 12.4. The summed E-state index contributed by atoms with van der Waals surface area (Å²) in [6.07, 6.45) is 3.29. The molecule has 0 bridgehead atoms. The lowest BCUT2D eigenvalue weighted by Gasteiger charge is -2.15. The second kappa shape index (κ2) is 6.95. The number of carbonyl (C=O) groups is 1. The highest BCUT2D eigenvalue weighted by atomic mass is 35.5. The van der Waals surface area contributed by atoms with Crippen LogP contribution in [0, 0.1) is 0 Å². The number of halogens is 1. The molecule has 3 nitrogen and oxygen atoms in total. The number of carbonyl (C=O) groups excluding carboxylic acids is 1. The highest BCUT2D eigenvalue weighted by Gasteiger charge is 2.05. The molecule has 0 aliphatic heterocycles. The van der Waals surface area contributed by atoms with E-state index in [0.717, 1.165) is 11.1 Å². The van der Waals surface area contributed by atoms with Crippen LogP contribution in [0.15, 0.2) is 54.6 Å². The molecule has 0 spiro atoms. The SMILES string of the molecule is CN(Cc1ccc(O)cc1)C(=O)/C=C/c1ccc(Cl)cc1. The van der Waals surface area contributed by atoms with E-state index < -0.39 is 0 Å². The number of phenols is 1. The van der Waals surface area contributed by atoms with Gasteiger partial charge >= 0.3 is 0 Å². The molecule has 0 aliphatic rings. The molecule has 2 aromatic rings. The van der Waals surface area contributed by atoms with Gasteiger partial charge in [0, 0.05) is 24.7 Å². The van der Waals surface area contributed by atoms with Crippen LogP contribution in [0.4, 0.5) is 0 Å². The van der Waals surface area contributed by atoms with Crippen molar-refractivity contribution >= 4 is 23.6 Å². The lowest BCUT2D eigenvalue weighted by atomic mass is 10.2. The number of nitrogens with zero attached hydrogens (tertiary/aromatic N) is 1. The largest absolute Gasteiger partial charge is 0.508 e. The number of likely N-dealkylation sites (N-methyl/N-ethyl adjacent to an activating group) is 1. The average Bonchev–Trinajstić information content (AvgIpc) is 2.48. The maximum atomic E-state index is 12.0. The number of rotatable bonds is 4. The van der Waals surface area contributed by atoms with Crippen LogP contribution in [0.3, 0.4) is 0 Å². The van der Waals surface area contributed by atoms with Gasteiger partial charge in [-0.25, -0.2) is 0 Å². The summed E-state index contributed by atoms with van der Waals surface area (Å²) in [5.74, 6) is 0.133. The Bertz CT molecular complexity index is 633. The predicted octanol–water partition coefficient (Wildman–Crippen LogP) is 3.72. The van der Waals surface area contributed by atoms with E-state index in [1.54, 1.807) is 54.4 Å². The zero-order valence-electron chi connectivity index (χ0n) is 11.7. The fraction of sp³-hybridized carbons (Fsp3) is 0.118. The molecule has 0 atom stereocenters. The molecule has 0 heterocycles. The van der Waals surface area contributed by atoms with Crippen molar-refractivity contribution in [2.75, 3.05) is 7.05 Å². The highest BCUT2D eigenvalue weighted by molar-refractivity contribution is 6.30. The molecule has 0 saturated carbocycles. The first-order chi connectivity index (χ1) is 10.0. The monoisotopic (exact) mass is 301 g/mol. The topological polar surface area (TPSA) is 40.5 Å². The van der Waals surface area contributed by atoms with Gasteiger partial charge in [0.05, 0.1) is 0 Å². The molecule has 0 radical (unpaired) electrons. The van der Waals surface area contributed by atoms with E-state index >= 15 is 0 Å². The Balaban J connectivity index is 1.96. The van der Waals surface area contributed by atoms with Crippen LogP contribution >= 0.6 is 11.6 Å². The smallest absolute Gasteiger partial charge is 0.246 e. The molecular weight excluding hydrogens is 286 g/mol. The van der Waals surface area contributed by atoms with Gasteiger partial charge in [-0.3, -0.25) is 4.79 Å². The Morgan fingerprint density at radius 3 is 2.38 bits per heavy atom. The van der Waals surface area contributed by atoms with Gasteiger partial charge in [-0.15, -0.1) is 0 Å². The lowest BCUT2D eigenvalue weighted by molar-refractivity contribution is -0.125. The van der Waals surface area contributed by atoms with E-state index in [1.807, 2.05) is 12.1 Å².